The molecule has 2 aliphatic heterocycles. The number of esters is 1. The number of aryl methyl sites for hydroxylation is 1. The number of rotatable bonds is 5. The summed E-state index contributed by atoms with van der Waals surface area (Å²) in [6.45, 7) is 3.64. The number of furan rings is 1. The second-order valence-corrected chi connectivity index (χ2v) is 8.04. The summed E-state index contributed by atoms with van der Waals surface area (Å²) < 4.78 is 23.4. The normalized spacial score (nSPS) is 18.6. The van der Waals surface area contributed by atoms with Crippen LogP contribution in [0, 0.1) is 6.92 Å². The number of nitrogens with zero attached hydrogens (tertiary/aromatic N) is 2. The van der Waals surface area contributed by atoms with Gasteiger partial charge in [-0.25, -0.2) is 4.79 Å². The Morgan fingerprint density at radius 3 is 2.75 bits per heavy atom. The van der Waals surface area contributed by atoms with Gasteiger partial charge in [-0.15, -0.1) is 0 Å². The van der Waals surface area contributed by atoms with Crippen molar-refractivity contribution in [3.63, 3.8) is 0 Å². The fourth-order valence-corrected chi connectivity index (χ4v) is 4.29. The lowest BCUT2D eigenvalue weighted by Gasteiger charge is -2.24. The van der Waals surface area contributed by atoms with Gasteiger partial charge in [-0.05, 0) is 32.3 Å². The van der Waals surface area contributed by atoms with Crippen molar-refractivity contribution in [2.75, 3.05) is 33.4 Å². The van der Waals surface area contributed by atoms with Crippen molar-refractivity contribution in [3.05, 3.63) is 51.3 Å². The van der Waals surface area contributed by atoms with Crippen LogP contribution in [-0.2, 0) is 22.4 Å². The lowest BCUT2D eigenvalue weighted by atomic mass is 10.1. The Morgan fingerprint density at radius 1 is 1.22 bits per heavy atom. The van der Waals surface area contributed by atoms with E-state index in [9.17, 15) is 14.4 Å². The van der Waals surface area contributed by atoms with E-state index in [2.05, 4.69) is 0 Å². The lowest BCUT2D eigenvalue weighted by Crippen LogP contribution is -2.34. The van der Waals surface area contributed by atoms with E-state index in [0.717, 1.165) is 19.3 Å². The van der Waals surface area contributed by atoms with Crippen LogP contribution in [0.1, 0.15) is 51.4 Å². The number of hydrogen-bond donors (Lipinski definition) is 0. The smallest absolute Gasteiger partial charge is 0.343 e. The van der Waals surface area contributed by atoms with Crippen molar-refractivity contribution in [1.82, 2.24) is 9.47 Å². The van der Waals surface area contributed by atoms with Gasteiger partial charge in [-0.1, -0.05) is 0 Å². The van der Waals surface area contributed by atoms with Gasteiger partial charge in [0.2, 0.25) is 0 Å². The molecule has 2 aromatic heterocycles. The van der Waals surface area contributed by atoms with Crippen LogP contribution < -0.4 is 10.3 Å². The highest BCUT2D eigenvalue weighted by atomic mass is 16.5. The number of aromatic nitrogens is 1. The van der Waals surface area contributed by atoms with E-state index in [0.29, 0.717) is 43.1 Å². The SMILES string of the molecule is COC(=O)c1c(OCC2CCCCO2)cc(=O)n2c1CCN(C(=O)c1ccoc1C)CC2. The third-order valence-corrected chi connectivity index (χ3v) is 6.06. The average molecular weight is 444 g/mol. The maximum absolute atomic E-state index is 12.9. The number of amides is 1. The number of methoxy groups -OCH3 is 1. The minimum atomic E-state index is -0.571. The van der Waals surface area contributed by atoms with Crippen LogP contribution in [-0.4, -0.2) is 60.9 Å². The van der Waals surface area contributed by atoms with Crippen LogP contribution in [0.2, 0.25) is 0 Å². The van der Waals surface area contributed by atoms with Crippen LogP contribution >= 0.6 is 0 Å². The molecule has 0 bridgehead atoms. The Morgan fingerprint density at radius 2 is 2.06 bits per heavy atom. The van der Waals surface area contributed by atoms with Crippen molar-refractivity contribution in [2.24, 2.45) is 0 Å². The summed E-state index contributed by atoms with van der Waals surface area (Å²) in [7, 11) is 1.30. The zero-order valence-electron chi connectivity index (χ0n) is 18.4. The molecule has 1 atom stereocenters. The number of carbonyl (C=O) groups excluding carboxylic acids is 2. The molecular formula is C23H28N2O7. The summed E-state index contributed by atoms with van der Waals surface area (Å²) in [5.41, 5.74) is 0.967. The zero-order chi connectivity index (χ0) is 22.7. The van der Waals surface area contributed by atoms with Crippen molar-refractivity contribution >= 4 is 11.9 Å². The monoisotopic (exact) mass is 444 g/mol. The van der Waals surface area contributed by atoms with Crippen molar-refractivity contribution in [2.45, 2.75) is 45.3 Å². The molecule has 0 radical (unpaired) electrons. The molecule has 9 nitrogen and oxygen atoms in total. The maximum Gasteiger partial charge on any atom is 0.343 e. The highest BCUT2D eigenvalue weighted by molar-refractivity contribution is 5.95. The van der Waals surface area contributed by atoms with Gasteiger partial charge in [0.25, 0.3) is 11.5 Å². The van der Waals surface area contributed by atoms with Gasteiger partial charge in [0.05, 0.1) is 25.0 Å². The van der Waals surface area contributed by atoms with Crippen LogP contribution in [0.5, 0.6) is 5.75 Å². The van der Waals surface area contributed by atoms with E-state index in [-0.39, 0.29) is 42.0 Å². The molecule has 0 N–H and O–H groups in total. The van der Waals surface area contributed by atoms with E-state index < -0.39 is 5.97 Å². The molecule has 1 unspecified atom stereocenters. The molecule has 1 amide bonds. The van der Waals surface area contributed by atoms with Crippen molar-refractivity contribution in [1.29, 1.82) is 0 Å². The van der Waals surface area contributed by atoms with Gasteiger partial charge in [0.1, 0.15) is 23.7 Å². The molecule has 4 heterocycles. The third kappa shape index (κ3) is 4.43. The Labute approximate surface area is 185 Å². The summed E-state index contributed by atoms with van der Waals surface area (Å²) in [6.07, 6.45) is 4.69. The van der Waals surface area contributed by atoms with E-state index in [4.69, 9.17) is 18.6 Å². The maximum atomic E-state index is 12.9. The fourth-order valence-electron chi connectivity index (χ4n) is 4.29. The number of carbonyl (C=O) groups is 2. The van der Waals surface area contributed by atoms with Crippen molar-refractivity contribution < 1.29 is 28.2 Å². The first-order valence-electron chi connectivity index (χ1n) is 10.9. The number of hydrogen-bond acceptors (Lipinski definition) is 7. The predicted molar refractivity (Wildman–Crippen MR) is 114 cm³/mol. The summed E-state index contributed by atoms with van der Waals surface area (Å²) >= 11 is 0. The Kier molecular flexibility index (Phi) is 6.64. The van der Waals surface area contributed by atoms with Crippen LogP contribution in [0.25, 0.3) is 0 Å². The van der Waals surface area contributed by atoms with Gasteiger partial charge >= 0.3 is 5.97 Å². The summed E-state index contributed by atoms with van der Waals surface area (Å²) in [6, 6.07) is 2.97. The van der Waals surface area contributed by atoms with Gasteiger partial charge < -0.3 is 28.1 Å². The largest absolute Gasteiger partial charge is 0.490 e. The average Bonchev–Trinajstić information content (AvgIpc) is 3.11. The van der Waals surface area contributed by atoms with Crippen LogP contribution in [0.3, 0.4) is 0 Å². The Hall–Kier alpha value is -3.07. The van der Waals surface area contributed by atoms with Gasteiger partial charge in [-0.2, -0.15) is 0 Å². The first-order valence-corrected chi connectivity index (χ1v) is 10.9. The van der Waals surface area contributed by atoms with Gasteiger partial charge in [0.15, 0.2) is 0 Å². The molecule has 1 saturated heterocycles. The highest BCUT2D eigenvalue weighted by Gasteiger charge is 2.29. The highest BCUT2D eigenvalue weighted by Crippen LogP contribution is 2.26. The molecule has 0 aromatic carbocycles. The van der Waals surface area contributed by atoms with Crippen molar-refractivity contribution in [3.8, 4) is 5.75 Å². The zero-order valence-corrected chi connectivity index (χ0v) is 18.4. The first kappa shape index (κ1) is 22.1. The third-order valence-electron chi connectivity index (χ3n) is 6.06. The molecule has 32 heavy (non-hydrogen) atoms. The number of pyridine rings is 1. The molecule has 0 aliphatic carbocycles. The number of ether oxygens (including phenoxy) is 3. The summed E-state index contributed by atoms with van der Waals surface area (Å²) in [4.78, 5) is 40.2. The fraction of sp³-hybridized carbons (Fsp3) is 0.522. The van der Waals surface area contributed by atoms with Gasteiger partial charge in [-0.3, -0.25) is 9.59 Å². The molecule has 2 aromatic rings. The predicted octanol–water partition coefficient (Wildman–Crippen LogP) is 2.18. The van der Waals surface area contributed by atoms with Crippen LogP contribution in [0.15, 0.2) is 27.6 Å². The topological polar surface area (TPSA) is 100 Å². The Balaban J connectivity index is 1.61. The second kappa shape index (κ2) is 9.60. The van der Waals surface area contributed by atoms with E-state index in [1.54, 1.807) is 17.9 Å². The molecule has 2 aliphatic rings. The Bertz CT molecular complexity index is 1050. The minimum absolute atomic E-state index is 0.0675. The summed E-state index contributed by atoms with van der Waals surface area (Å²) in [5, 5.41) is 0. The van der Waals surface area contributed by atoms with E-state index in [1.165, 1.54) is 24.0 Å². The molecule has 1 fully saturated rings. The molecule has 9 heteroatoms. The quantitative estimate of drug-likeness (QED) is 0.652. The van der Waals surface area contributed by atoms with Crippen LogP contribution in [0.4, 0.5) is 0 Å². The lowest BCUT2D eigenvalue weighted by molar-refractivity contribution is -0.0114. The summed E-state index contributed by atoms with van der Waals surface area (Å²) in [5.74, 6) is 0.0129. The molecular weight excluding hydrogens is 416 g/mol. The number of fused-ring (bicyclic) bond motifs is 1. The molecule has 4 rings (SSSR count). The minimum Gasteiger partial charge on any atom is -0.490 e. The second-order valence-electron chi connectivity index (χ2n) is 8.04. The molecule has 172 valence electrons. The van der Waals surface area contributed by atoms with E-state index >= 15 is 0 Å². The molecule has 0 spiro atoms. The standard InChI is InChI=1S/C23H28N2O7/c1-15-17(7-12-30-15)22(27)24-8-6-18-21(23(28)29-2)19(13-20(26)25(18)10-9-24)32-14-16-5-3-4-11-31-16/h7,12-13,16H,3-6,8-11,14H2,1-2H3. The van der Waals surface area contributed by atoms with Gasteiger partial charge in [0, 0.05) is 44.4 Å². The molecule has 0 saturated carbocycles. The first-order chi connectivity index (χ1) is 15.5. The van der Waals surface area contributed by atoms with E-state index in [1.807, 2.05) is 0 Å².